The van der Waals surface area contributed by atoms with Crippen molar-refractivity contribution in [3.05, 3.63) is 53.9 Å². The van der Waals surface area contributed by atoms with Crippen LogP contribution in [-0.2, 0) is 4.79 Å². The number of hydrogen-bond donors (Lipinski definition) is 1. The van der Waals surface area contributed by atoms with Crippen molar-refractivity contribution in [3.8, 4) is 11.1 Å². The Morgan fingerprint density at radius 1 is 1.12 bits per heavy atom. The van der Waals surface area contributed by atoms with Crippen LogP contribution in [0.1, 0.15) is 41.7 Å². The van der Waals surface area contributed by atoms with Crippen molar-refractivity contribution in [2.75, 3.05) is 13.1 Å². The van der Waals surface area contributed by atoms with Crippen molar-refractivity contribution in [1.29, 1.82) is 0 Å². The molecule has 0 bridgehead atoms. The lowest BCUT2D eigenvalue weighted by Gasteiger charge is -2.31. The van der Waals surface area contributed by atoms with Crippen molar-refractivity contribution in [2.24, 2.45) is 0 Å². The van der Waals surface area contributed by atoms with Crippen molar-refractivity contribution in [3.63, 3.8) is 0 Å². The number of aromatic nitrogens is 1. The Morgan fingerprint density at radius 2 is 1.83 bits per heavy atom. The SMILES string of the molecule is CC(=O)N1CCC[C@H](c2ccc(-c3ccc(C(=O)O)cc3)cn2)C1. The fraction of sp³-hybridized carbons (Fsp3) is 0.316. The predicted molar refractivity (Wildman–Crippen MR) is 90.9 cm³/mol. The molecular formula is C19H20N2O3. The van der Waals surface area contributed by atoms with Gasteiger partial charge in [-0.2, -0.15) is 0 Å². The molecule has 2 aromatic rings. The van der Waals surface area contributed by atoms with Gasteiger partial charge in [-0.15, -0.1) is 0 Å². The number of rotatable bonds is 3. The van der Waals surface area contributed by atoms with Gasteiger partial charge in [-0.25, -0.2) is 4.79 Å². The smallest absolute Gasteiger partial charge is 0.335 e. The summed E-state index contributed by atoms with van der Waals surface area (Å²) < 4.78 is 0. The minimum atomic E-state index is -0.928. The number of hydrogen-bond acceptors (Lipinski definition) is 3. The number of piperidine rings is 1. The van der Waals surface area contributed by atoms with E-state index in [0.717, 1.165) is 42.8 Å². The maximum Gasteiger partial charge on any atom is 0.335 e. The van der Waals surface area contributed by atoms with Gasteiger partial charge < -0.3 is 10.0 Å². The van der Waals surface area contributed by atoms with Crippen LogP contribution >= 0.6 is 0 Å². The molecule has 1 aromatic heterocycles. The van der Waals surface area contributed by atoms with Gasteiger partial charge in [-0.1, -0.05) is 18.2 Å². The second-order valence-corrected chi connectivity index (χ2v) is 6.16. The zero-order valence-electron chi connectivity index (χ0n) is 13.6. The van der Waals surface area contributed by atoms with E-state index in [1.54, 1.807) is 31.2 Å². The summed E-state index contributed by atoms with van der Waals surface area (Å²) in [5.74, 6) is -0.525. The molecule has 1 atom stereocenters. The highest BCUT2D eigenvalue weighted by Crippen LogP contribution is 2.27. The van der Waals surface area contributed by atoms with Crippen molar-refractivity contribution in [2.45, 2.75) is 25.7 Å². The van der Waals surface area contributed by atoms with Gasteiger partial charge in [-0.05, 0) is 36.6 Å². The van der Waals surface area contributed by atoms with Crippen molar-refractivity contribution in [1.82, 2.24) is 9.88 Å². The third kappa shape index (κ3) is 3.45. The molecule has 0 unspecified atom stereocenters. The molecule has 5 nitrogen and oxygen atoms in total. The van der Waals surface area contributed by atoms with Crippen LogP contribution in [0.25, 0.3) is 11.1 Å². The number of benzene rings is 1. The van der Waals surface area contributed by atoms with Crippen LogP contribution in [0.5, 0.6) is 0 Å². The molecule has 3 rings (SSSR count). The Morgan fingerprint density at radius 3 is 2.42 bits per heavy atom. The summed E-state index contributed by atoms with van der Waals surface area (Å²) in [6.07, 6.45) is 3.87. The van der Waals surface area contributed by atoms with E-state index in [2.05, 4.69) is 4.98 Å². The molecule has 0 spiro atoms. The normalized spacial score (nSPS) is 17.5. The standard InChI is InChI=1S/C19H20N2O3/c1-13(22)21-10-2-3-17(12-21)18-9-8-16(11-20-18)14-4-6-15(7-5-14)19(23)24/h4-9,11,17H,2-3,10,12H2,1H3,(H,23,24)/t17-/m0/s1. The minimum absolute atomic E-state index is 0.120. The highest BCUT2D eigenvalue weighted by Gasteiger charge is 2.23. The Labute approximate surface area is 140 Å². The molecule has 24 heavy (non-hydrogen) atoms. The number of likely N-dealkylation sites (tertiary alicyclic amines) is 1. The summed E-state index contributed by atoms with van der Waals surface area (Å²) >= 11 is 0. The molecule has 0 radical (unpaired) electrons. The number of carbonyl (C=O) groups excluding carboxylic acids is 1. The molecule has 1 N–H and O–H groups in total. The first kappa shape index (κ1) is 16.2. The van der Waals surface area contributed by atoms with E-state index in [9.17, 15) is 9.59 Å². The van der Waals surface area contributed by atoms with Gasteiger partial charge in [-0.3, -0.25) is 9.78 Å². The van der Waals surface area contributed by atoms with E-state index >= 15 is 0 Å². The predicted octanol–water partition coefficient (Wildman–Crippen LogP) is 3.17. The van der Waals surface area contributed by atoms with Crippen LogP contribution < -0.4 is 0 Å². The molecule has 1 fully saturated rings. The quantitative estimate of drug-likeness (QED) is 0.941. The second kappa shape index (κ2) is 6.83. The fourth-order valence-electron chi connectivity index (χ4n) is 3.13. The summed E-state index contributed by atoms with van der Waals surface area (Å²) in [5.41, 5.74) is 3.17. The van der Waals surface area contributed by atoms with E-state index in [-0.39, 0.29) is 17.4 Å². The lowest BCUT2D eigenvalue weighted by Crippen LogP contribution is -2.37. The summed E-state index contributed by atoms with van der Waals surface area (Å²) in [5, 5.41) is 8.95. The third-order valence-corrected chi connectivity index (χ3v) is 4.54. The molecule has 2 heterocycles. The molecule has 1 amide bonds. The van der Waals surface area contributed by atoms with Crippen molar-refractivity contribution < 1.29 is 14.7 Å². The summed E-state index contributed by atoms with van der Waals surface area (Å²) in [6.45, 7) is 3.18. The minimum Gasteiger partial charge on any atom is -0.478 e. The lowest BCUT2D eigenvalue weighted by molar-refractivity contribution is -0.130. The maximum absolute atomic E-state index is 11.6. The van der Waals surface area contributed by atoms with Crippen LogP contribution in [0.3, 0.4) is 0 Å². The summed E-state index contributed by atoms with van der Waals surface area (Å²) in [4.78, 5) is 28.9. The number of carbonyl (C=O) groups is 2. The average molecular weight is 324 g/mol. The third-order valence-electron chi connectivity index (χ3n) is 4.54. The van der Waals surface area contributed by atoms with Gasteiger partial charge in [0.05, 0.1) is 5.56 Å². The van der Waals surface area contributed by atoms with Gasteiger partial charge in [0.1, 0.15) is 0 Å². The van der Waals surface area contributed by atoms with Crippen LogP contribution in [0, 0.1) is 0 Å². The van der Waals surface area contributed by atoms with E-state index in [0.29, 0.717) is 0 Å². The Bertz CT molecular complexity index is 738. The zero-order chi connectivity index (χ0) is 17.1. The molecule has 124 valence electrons. The zero-order valence-corrected chi connectivity index (χ0v) is 13.6. The van der Waals surface area contributed by atoms with E-state index < -0.39 is 5.97 Å². The Balaban J connectivity index is 1.75. The topological polar surface area (TPSA) is 70.5 Å². The molecule has 5 heteroatoms. The summed E-state index contributed by atoms with van der Waals surface area (Å²) in [6, 6.07) is 10.8. The second-order valence-electron chi connectivity index (χ2n) is 6.16. The number of nitrogens with zero attached hydrogens (tertiary/aromatic N) is 2. The number of carboxylic acids is 1. The lowest BCUT2D eigenvalue weighted by atomic mass is 9.93. The number of carboxylic acid groups (broad SMARTS) is 1. The van der Waals surface area contributed by atoms with E-state index in [1.807, 2.05) is 23.2 Å². The van der Waals surface area contributed by atoms with Crippen LogP contribution in [-0.4, -0.2) is 40.0 Å². The molecule has 1 aliphatic rings. The first-order valence-electron chi connectivity index (χ1n) is 8.10. The monoisotopic (exact) mass is 324 g/mol. The molecule has 0 saturated carbocycles. The van der Waals surface area contributed by atoms with E-state index in [4.69, 9.17) is 5.11 Å². The molecule has 0 aliphatic carbocycles. The maximum atomic E-state index is 11.6. The van der Waals surface area contributed by atoms with Crippen LogP contribution in [0.15, 0.2) is 42.6 Å². The fourth-order valence-corrected chi connectivity index (χ4v) is 3.13. The number of aromatic carboxylic acids is 1. The Hall–Kier alpha value is -2.69. The highest BCUT2D eigenvalue weighted by atomic mass is 16.4. The Kier molecular flexibility index (Phi) is 4.60. The largest absolute Gasteiger partial charge is 0.478 e. The van der Waals surface area contributed by atoms with Crippen LogP contribution in [0.2, 0.25) is 0 Å². The van der Waals surface area contributed by atoms with Gasteiger partial charge in [0.25, 0.3) is 0 Å². The van der Waals surface area contributed by atoms with Gasteiger partial charge in [0, 0.05) is 43.4 Å². The molecule has 1 aromatic carbocycles. The summed E-state index contributed by atoms with van der Waals surface area (Å²) in [7, 11) is 0. The number of pyridine rings is 1. The molecule has 1 aliphatic heterocycles. The van der Waals surface area contributed by atoms with Crippen molar-refractivity contribution >= 4 is 11.9 Å². The molecule has 1 saturated heterocycles. The number of amides is 1. The van der Waals surface area contributed by atoms with Gasteiger partial charge in [0.15, 0.2) is 0 Å². The van der Waals surface area contributed by atoms with Gasteiger partial charge >= 0.3 is 5.97 Å². The highest BCUT2D eigenvalue weighted by molar-refractivity contribution is 5.88. The first-order chi connectivity index (χ1) is 11.5. The van der Waals surface area contributed by atoms with E-state index in [1.165, 1.54) is 0 Å². The first-order valence-corrected chi connectivity index (χ1v) is 8.10. The average Bonchev–Trinajstić information content (AvgIpc) is 2.62. The molecular weight excluding hydrogens is 304 g/mol. The van der Waals surface area contributed by atoms with Crippen LogP contribution in [0.4, 0.5) is 0 Å². The van der Waals surface area contributed by atoms with Gasteiger partial charge in [0.2, 0.25) is 5.91 Å².